The molecule has 1 aromatic rings. The molecule has 0 heterocycles. The third kappa shape index (κ3) is 4.96. The van der Waals surface area contributed by atoms with Crippen molar-refractivity contribution < 1.29 is 0 Å². The molecule has 6 heteroatoms. The lowest BCUT2D eigenvalue weighted by Crippen LogP contribution is -2.34. The molecular formula is C12H17Cl2N3S. The molecular weight excluding hydrogens is 289 g/mol. The second kappa shape index (κ2) is 7.77. The van der Waals surface area contributed by atoms with Gasteiger partial charge in [0, 0.05) is 15.8 Å². The highest BCUT2D eigenvalue weighted by Crippen LogP contribution is 2.25. The molecule has 0 aliphatic heterocycles. The van der Waals surface area contributed by atoms with Gasteiger partial charge in [-0.1, -0.05) is 29.3 Å². The van der Waals surface area contributed by atoms with E-state index >= 15 is 0 Å². The van der Waals surface area contributed by atoms with E-state index < -0.39 is 0 Å². The van der Waals surface area contributed by atoms with Gasteiger partial charge in [0.15, 0.2) is 5.96 Å². The van der Waals surface area contributed by atoms with Gasteiger partial charge >= 0.3 is 0 Å². The number of thioether (sulfide) groups is 1. The molecule has 1 unspecified atom stereocenters. The lowest BCUT2D eigenvalue weighted by molar-refractivity contribution is 0.709. The third-order valence-corrected chi connectivity index (χ3v) is 3.52. The van der Waals surface area contributed by atoms with Crippen LogP contribution in [-0.2, 0) is 0 Å². The maximum atomic E-state index is 6.13. The Hall–Kier alpha value is -0.580. The zero-order valence-electron chi connectivity index (χ0n) is 10.4. The Kier molecular flexibility index (Phi) is 6.68. The number of nitrogens with zero attached hydrogens (tertiary/aromatic N) is 1. The van der Waals surface area contributed by atoms with Crippen molar-refractivity contribution in [1.82, 2.24) is 5.32 Å². The van der Waals surface area contributed by atoms with E-state index in [0.717, 1.165) is 11.3 Å². The Morgan fingerprint density at radius 1 is 1.50 bits per heavy atom. The van der Waals surface area contributed by atoms with Gasteiger partial charge in [-0.25, -0.2) is 0 Å². The molecule has 0 aliphatic rings. The minimum atomic E-state index is -0.00667. The van der Waals surface area contributed by atoms with E-state index in [1.165, 1.54) is 0 Å². The summed E-state index contributed by atoms with van der Waals surface area (Å²) >= 11 is 13.7. The smallest absolute Gasteiger partial charge is 0.189 e. The molecule has 0 aliphatic carbocycles. The molecule has 3 nitrogen and oxygen atoms in total. The molecule has 100 valence electrons. The van der Waals surface area contributed by atoms with E-state index in [-0.39, 0.29) is 6.04 Å². The number of rotatable bonds is 5. The SMILES string of the molecule is CSCCN=C(N)NC(C)c1ccc(Cl)cc1Cl. The van der Waals surface area contributed by atoms with E-state index in [1.807, 2.05) is 25.3 Å². The second-order valence-electron chi connectivity index (χ2n) is 3.79. The molecule has 0 amide bonds. The van der Waals surface area contributed by atoms with Crippen LogP contribution in [0, 0.1) is 0 Å². The summed E-state index contributed by atoms with van der Waals surface area (Å²) in [6.45, 7) is 2.69. The summed E-state index contributed by atoms with van der Waals surface area (Å²) in [5.74, 6) is 1.39. The molecule has 1 atom stereocenters. The molecule has 0 saturated carbocycles. The molecule has 3 N–H and O–H groups in total. The Balaban J connectivity index is 2.64. The number of benzene rings is 1. The van der Waals surface area contributed by atoms with Crippen LogP contribution in [0.25, 0.3) is 0 Å². The van der Waals surface area contributed by atoms with E-state index in [2.05, 4.69) is 10.3 Å². The Morgan fingerprint density at radius 2 is 2.22 bits per heavy atom. The highest BCUT2D eigenvalue weighted by molar-refractivity contribution is 7.98. The minimum absolute atomic E-state index is 0.00667. The van der Waals surface area contributed by atoms with Crippen molar-refractivity contribution >= 4 is 40.9 Å². The van der Waals surface area contributed by atoms with Crippen LogP contribution in [0.15, 0.2) is 23.2 Å². The Labute approximate surface area is 122 Å². The number of nitrogens with two attached hydrogens (primary N) is 1. The van der Waals surface area contributed by atoms with Crippen molar-refractivity contribution in [3.05, 3.63) is 33.8 Å². The standard InChI is InChI=1S/C12H17Cl2N3S/c1-8(17-12(15)16-5-6-18-2)10-4-3-9(13)7-11(10)14/h3-4,7-8H,5-6H2,1-2H3,(H3,15,16,17). The average molecular weight is 306 g/mol. The van der Waals surface area contributed by atoms with Crippen LogP contribution in [0.3, 0.4) is 0 Å². The van der Waals surface area contributed by atoms with Gasteiger partial charge in [0.2, 0.25) is 0 Å². The Morgan fingerprint density at radius 3 is 2.83 bits per heavy atom. The first-order chi connectivity index (χ1) is 8.54. The maximum absolute atomic E-state index is 6.13. The van der Waals surface area contributed by atoms with Crippen LogP contribution in [0.2, 0.25) is 10.0 Å². The van der Waals surface area contributed by atoms with Gasteiger partial charge in [0.1, 0.15) is 0 Å². The lowest BCUT2D eigenvalue weighted by Gasteiger charge is -2.16. The first kappa shape index (κ1) is 15.5. The monoisotopic (exact) mass is 305 g/mol. The number of halogens is 2. The summed E-state index contributed by atoms with van der Waals surface area (Å²) in [4.78, 5) is 4.22. The maximum Gasteiger partial charge on any atom is 0.189 e. The van der Waals surface area contributed by atoms with Crippen molar-refractivity contribution in [1.29, 1.82) is 0 Å². The van der Waals surface area contributed by atoms with Crippen molar-refractivity contribution in [2.75, 3.05) is 18.6 Å². The number of nitrogens with one attached hydrogen (secondary N) is 1. The molecule has 0 spiro atoms. The Bertz CT molecular complexity index is 424. The van der Waals surface area contributed by atoms with E-state index in [1.54, 1.807) is 17.8 Å². The summed E-state index contributed by atoms with van der Waals surface area (Å²) in [6.07, 6.45) is 2.04. The van der Waals surface area contributed by atoms with Gasteiger partial charge < -0.3 is 11.1 Å². The molecule has 1 rings (SSSR count). The van der Waals surface area contributed by atoms with Gasteiger partial charge in [-0.15, -0.1) is 0 Å². The van der Waals surface area contributed by atoms with Crippen LogP contribution in [0.5, 0.6) is 0 Å². The fraction of sp³-hybridized carbons (Fsp3) is 0.417. The van der Waals surface area contributed by atoms with Crippen LogP contribution >= 0.6 is 35.0 Å². The topological polar surface area (TPSA) is 50.4 Å². The van der Waals surface area contributed by atoms with Gasteiger partial charge in [-0.05, 0) is 30.9 Å². The van der Waals surface area contributed by atoms with Crippen LogP contribution in [0.4, 0.5) is 0 Å². The molecule has 1 aromatic carbocycles. The fourth-order valence-electron chi connectivity index (χ4n) is 1.46. The summed E-state index contributed by atoms with van der Waals surface area (Å²) in [6, 6.07) is 5.41. The predicted octanol–water partition coefficient (Wildman–Crippen LogP) is 3.32. The normalized spacial score (nSPS) is 13.4. The summed E-state index contributed by atoms with van der Waals surface area (Å²) in [7, 11) is 0. The summed E-state index contributed by atoms with van der Waals surface area (Å²) in [5.41, 5.74) is 6.74. The van der Waals surface area contributed by atoms with Crippen molar-refractivity contribution in [2.45, 2.75) is 13.0 Å². The highest BCUT2D eigenvalue weighted by atomic mass is 35.5. The van der Waals surface area contributed by atoms with Crippen LogP contribution in [-0.4, -0.2) is 24.5 Å². The minimum Gasteiger partial charge on any atom is -0.370 e. The highest BCUT2D eigenvalue weighted by Gasteiger charge is 2.10. The summed E-state index contributed by atoms with van der Waals surface area (Å²) in [5, 5.41) is 4.35. The van der Waals surface area contributed by atoms with Gasteiger partial charge in [0.05, 0.1) is 12.6 Å². The number of guanidine groups is 1. The van der Waals surface area contributed by atoms with Crippen molar-refractivity contribution in [3.63, 3.8) is 0 Å². The van der Waals surface area contributed by atoms with Gasteiger partial charge in [0.25, 0.3) is 0 Å². The number of hydrogen-bond donors (Lipinski definition) is 2. The molecule has 0 radical (unpaired) electrons. The lowest BCUT2D eigenvalue weighted by atomic mass is 10.1. The zero-order chi connectivity index (χ0) is 13.5. The molecule has 0 bridgehead atoms. The molecule has 0 aromatic heterocycles. The first-order valence-electron chi connectivity index (χ1n) is 5.55. The second-order valence-corrected chi connectivity index (χ2v) is 5.62. The predicted molar refractivity (Wildman–Crippen MR) is 82.9 cm³/mol. The zero-order valence-corrected chi connectivity index (χ0v) is 12.7. The average Bonchev–Trinajstić information content (AvgIpc) is 2.28. The quantitative estimate of drug-likeness (QED) is 0.498. The van der Waals surface area contributed by atoms with Gasteiger partial charge in [-0.2, -0.15) is 11.8 Å². The van der Waals surface area contributed by atoms with Gasteiger partial charge in [-0.3, -0.25) is 4.99 Å². The number of hydrogen-bond acceptors (Lipinski definition) is 2. The molecule has 0 saturated heterocycles. The fourth-order valence-corrected chi connectivity index (χ4v) is 2.30. The summed E-state index contributed by atoms with van der Waals surface area (Å²) < 4.78 is 0. The molecule has 18 heavy (non-hydrogen) atoms. The van der Waals surface area contributed by atoms with E-state index in [0.29, 0.717) is 22.5 Å². The van der Waals surface area contributed by atoms with E-state index in [4.69, 9.17) is 28.9 Å². The molecule has 0 fully saturated rings. The van der Waals surface area contributed by atoms with Crippen molar-refractivity contribution in [3.8, 4) is 0 Å². The van der Waals surface area contributed by atoms with E-state index in [9.17, 15) is 0 Å². The first-order valence-corrected chi connectivity index (χ1v) is 7.70. The van der Waals surface area contributed by atoms with Crippen molar-refractivity contribution in [2.24, 2.45) is 10.7 Å². The number of aliphatic imine (C=N–C) groups is 1. The van der Waals surface area contributed by atoms with Crippen LogP contribution < -0.4 is 11.1 Å². The third-order valence-electron chi connectivity index (χ3n) is 2.37. The van der Waals surface area contributed by atoms with Crippen LogP contribution in [0.1, 0.15) is 18.5 Å². The largest absolute Gasteiger partial charge is 0.370 e.